The lowest BCUT2D eigenvalue weighted by molar-refractivity contribution is 0.0963. The molecule has 3 heteroatoms. The fourth-order valence-electron chi connectivity index (χ4n) is 1.76. The summed E-state index contributed by atoms with van der Waals surface area (Å²) in [6.45, 7) is 0.623. The molecule has 2 aromatic rings. The van der Waals surface area contributed by atoms with Crippen LogP contribution in [0.5, 0.6) is 0 Å². The van der Waals surface area contributed by atoms with E-state index < -0.39 is 0 Å². The fourth-order valence-corrected chi connectivity index (χ4v) is 1.76. The Labute approximate surface area is 100 Å². The van der Waals surface area contributed by atoms with E-state index in [0.717, 1.165) is 22.9 Å². The molecular formula is C14H15NO2. The number of pyridine rings is 1. The van der Waals surface area contributed by atoms with Crippen LogP contribution in [0.2, 0.25) is 0 Å². The smallest absolute Gasteiger partial charge is 0.163 e. The van der Waals surface area contributed by atoms with E-state index in [9.17, 15) is 4.79 Å². The van der Waals surface area contributed by atoms with Crippen molar-refractivity contribution in [3.63, 3.8) is 0 Å². The van der Waals surface area contributed by atoms with Gasteiger partial charge in [0.1, 0.15) is 0 Å². The second-order valence-corrected chi connectivity index (χ2v) is 3.93. The number of Topliss-reactive ketones (excluding diaryl/α,β-unsaturated/α-hetero) is 1. The van der Waals surface area contributed by atoms with Gasteiger partial charge in [0.05, 0.1) is 5.52 Å². The number of fused-ring (bicyclic) bond motifs is 1. The van der Waals surface area contributed by atoms with Gasteiger partial charge in [0.2, 0.25) is 0 Å². The molecule has 0 aliphatic rings. The number of ether oxygens (including phenoxy) is 1. The van der Waals surface area contributed by atoms with Crippen molar-refractivity contribution >= 4 is 16.7 Å². The molecule has 0 N–H and O–H groups in total. The van der Waals surface area contributed by atoms with E-state index in [4.69, 9.17) is 4.74 Å². The first-order valence-electron chi connectivity index (χ1n) is 5.68. The van der Waals surface area contributed by atoms with Crippen LogP contribution in [0.4, 0.5) is 0 Å². The van der Waals surface area contributed by atoms with Crippen LogP contribution in [-0.4, -0.2) is 24.5 Å². The second kappa shape index (κ2) is 5.55. The molecule has 0 aliphatic heterocycles. The maximum absolute atomic E-state index is 11.9. The Morgan fingerprint density at radius 1 is 1.35 bits per heavy atom. The number of hydrogen-bond donors (Lipinski definition) is 0. The Hall–Kier alpha value is -1.74. The highest BCUT2D eigenvalue weighted by atomic mass is 16.5. The number of methoxy groups -OCH3 is 1. The highest BCUT2D eigenvalue weighted by molar-refractivity contribution is 5.99. The van der Waals surface area contributed by atoms with Gasteiger partial charge in [-0.15, -0.1) is 0 Å². The van der Waals surface area contributed by atoms with Gasteiger partial charge in [-0.2, -0.15) is 0 Å². The Bertz CT molecular complexity index is 522. The third kappa shape index (κ3) is 2.88. The van der Waals surface area contributed by atoms with Crippen molar-refractivity contribution in [3.8, 4) is 0 Å². The highest BCUT2D eigenvalue weighted by Crippen LogP contribution is 2.14. The van der Waals surface area contributed by atoms with E-state index in [2.05, 4.69) is 4.98 Å². The minimum Gasteiger partial charge on any atom is -0.385 e. The Morgan fingerprint density at radius 3 is 3.06 bits per heavy atom. The third-order valence-electron chi connectivity index (χ3n) is 2.68. The van der Waals surface area contributed by atoms with Gasteiger partial charge in [-0.1, -0.05) is 18.2 Å². The molecule has 0 saturated carbocycles. The number of rotatable bonds is 5. The maximum Gasteiger partial charge on any atom is 0.163 e. The fraction of sp³-hybridized carbons (Fsp3) is 0.286. The largest absolute Gasteiger partial charge is 0.385 e. The van der Waals surface area contributed by atoms with Gasteiger partial charge < -0.3 is 4.74 Å². The van der Waals surface area contributed by atoms with Crippen LogP contribution in [-0.2, 0) is 4.74 Å². The van der Waals surface area contributed by atoms with E-state index in [1.54, 1.807) is 13.3 Å². The van der Waals surface area contributed by atoms with Crippen molar-refractivity contribution in [2.75, 3.05) is 13.7 Å². The number of benzene rings is 1. The number of carbonyl (C=O) groups is 1. The van der Waals surface area contributed by atoms with Crippen LogP contribution in [0.3, 0.4) is 0 Å². The lowest BCUT2D eigenvalue weighted by Gasteiger charge is -2.02. The zero-order chi connectivity index (χ0) is 12.1. The summed E-state index contributed by atoms with van der Waals surface area (Å²) in [5.41, 5.74) is 1.59. The van der Waals surface area contributed by atoms with Gasteiger partial charge in [0.15, 0.2) is 5.78 Å². The molecule has 0 radical (unpaired) electrons. The molecule has 17 heavy (non-hydrogen) atoms. The number of nitrogens with zero attached hydrogens (tertiary/aromatic N) is 1. The van der Waals surface area contributed by atoms with E-state index in [-0.39, 0.29) is 5.78 Å². The zero-order valence-electron chi connectivity index (χ0n) is 9.85. The van der Waals surface area contributed by atoms with Crippen molar-refractivity contribution in [3.05, 3.63) is 42.1 Å². The number of ketones is 1. The van der Waals surface area contributed by atoms with Gasteiger partial charge >= 0.3 is 0 Å². The molecule has 0 saturated heterocycles. The molecule has 0 spiro atoms. The molecular weight excluding hydrogens is 214 g/mol. The first-order chi connectivity index (χ1) is 8.31. The zero-order valence-corrected chi connectivity index (χ0v) is 9.85. The predicted molar refractivity (Wildman–Crippen MR) is 67.2 cm³/mol. The molecule has 3 nitrogen and oxygen atoms in total. The van der Waals surface area contributed by atoms with E-state index in [0.29, 0.717) is 13.0 Å². The summed E-state index contributed by atoms with van der Waals surface area (Å²) in [4.78, 5) is 16.1. The summed E-state index contributed by atoms with van der Waals surface area (Å²) in [6, 6.07) is 9.53. The van der Waals surface area contributed by atoms with Crippen molar-refractivity contribution in [2.24, 2.45) is 0 Å². The standard InChI is InChI=1S/C14H15NO2/c1-17-9-3-5-14(16)12-7-6-11-4-2-8-15-13(11)10-12/h2,4,6-8,10H,3,5,9H2,1H3. The Morgan fingerprint density at radius 2 is 2.24 bits per heavy atom. The number of aromatic nitrogens is 1. The van der Waals surface area contributed by atoms with Crippen LogP contribution in [0.25, 0.3) is 10.9 Å². The third-order valence-corrected chi connectivity index (χ3v) is 2.68. The lowest BCUT2D eigenvalue weighted by atomic mass is 10.0. The number of hydrogen-bond acceptors (Lipinski definition) is 3. The first-order valence-corrected chi connectivity index (χ1v) is 5.68. The summed E-state index contributed by atoms with van der Waals surface area (Å²) in [6.07, 6.45) is 3.02. The molecule has 1 aromatic carbocycles. The van der Waals surface area contributed by atoms with Gasteiger partial charge in [-0.3, -0.25) is 9.78 Å². The minimum absolute atomic E-state index is 0.148. The quantitative estimate of drug-likeness (QED) is 0.584. The average molecular weight is 229 g/mol. The van der Waals surface area contributed by atoms with Crippen molar-refractivity contribution in [1.29, 1.82) is 0 Å². The molecule has 0 bridgehead atoms. The van der Waals surface area contributed by atoms with Crippen molar-refractivity contribution in [1.82, 2.24) is 4.98 Å². The average Bonchev–Trinajstić information content (AvgIpc) is 2.38. The Kier molecular flexibility index (Phi) is 3.83. The lowest BCUT2D eigenvalue weighted by Crippen LogP contribution is -2.01. The van der Waals surface area contributed by atoms with Gasteiger partial charge in [0.25, 0.3) is 0 Å². The topological polar surface area (TPSA) is 39.2 Å². The SMILES string of the molecule is COCCCC(=O)c1ccc2cccnc2c1. The van der Waals surface area contributed by atoms with Crippen LogP contribution in [0.15, 0.2) is 36.5 Å². The van der Waals surface area contributed by atoms with Crippen LogP contribution in [0.1, 0.15) is 23.2 Å². The summed E-state index contributed by atoms with van der Waals surface area (Å²) in [5, 5.41) is 1.06. The van der Waals surface area contributed by atoms with E-state index in [1.807, 2.05) is 30.3 Å². The van der Waals surface area contributed by atoms with Gasteiger partial charge in [-0.25, -0.2) is 0 Å². The maximum atomic E-state index is 11.9. The normalized spacial score (nSPS) is 10.6. The summed E-state index contributed by atoms with van der Waals surface area (Å²) in [7, 11) is 1.64. The minimum atomic E-state index is 0.148. The van der Waals surface area contributed by atoms with Crippen LogP contribution in [0, 0.1) is 0 Å². The predicted octanol–water partition coefficient (Wildman–Crippen LogP) is 2.84. The van der Waals surface area contributed by atoms with E-state index >= 15 is 0 Å². The second-order valence-electron chi connectivity index (χ2n) is 3.93. The molecule has 1 heterocycles. The molecule has 0 aliphatic carbocycles. The monoisotopic (exact) mass is 229 g/mol. The molecule has 0 unspecified atom stereocenters. The Balaban J connectivity index is 2.15. The molecule has 2 rings (SSSR count). The molecule has 0 amide bonds. The molecule has 0 fully saturated rings. The summed E-state index contributed by atoms with van der Waals surface area (Å²) < 4.78 is 4.93. The van der Waals surface area contributed by atoms with Crippen LogP contribution < -0.4 is 0 Å². The van der Waals surface area contributed by atoms with Crippen molar-refractivity contribution < 1.29 is 9.53 Å². The number of carbonyl (C=O) groups excluding carboxylic acids is 1. The van der Waals surface area contributed by atoms with Crippen molar-refractivity contribution in [2.45, 2.75) is 12.8 Å². The van der Waals surface area contributed by atoms with Gasteiger partial charge in [0, 0.05) is 37.3 Å². The van der Waals surface area contributed by atoms with E-state index in [1.165, 1.54) is 0 Å². The van der Waals surface area contributed by atoms with Crippen LogP contribution >= 0.6 is 0 Å². The molecule has 1 aromatic heterocycles. The first kappa shape index (κ1) is 11.7. The summed E-state index contributed by atoms with van der Waals surface area (Å²) in [5.74, 6) is 0.148. The van der Waals surface area contributed by atoms with Gasteiger partial charge in [-0.05, 0) is 18.6 Å². The molecule has 0 atom stereocenters. The highest BCUT2D eigenvalue weighted by Gasteiger charge is 2.06. The molecule has 88 valence electrons. The summed E-state index contributed by atoms with van der Waals surface area (Å²) >= 11 is 0.